The minimum absolute atomic E-state index is 0.0855. The lowest BCUT2D eigenvalue weighted by atomic mass is 10.0. The Morgan fingerprint density at radius 2 is 1.95 bits per heavy atom. The molecule has 1 atom stereocenters. The molecule has 1 aromatic carbocycles. The molecule has 0 aliphatic carbocycles. The number of aryl methyl sites for hydroxylation is 1. The summed E-state index contributed by atoms with van der Waals surface area (Å²) in [5.74, 6) is 0. The van der Waals surface area contributed by atoms with Gasteiger partial charge in [0.1, 0.15) is 5.01 Å². The van der Waals surface area contributed by atoms with Crippen LogP contribution in [0.3, 0.4) is 0 Å². The van der Waals surface area contributed by atoms with Crippen molar-refractivity contribution in [2.24, 2.45) is 0 Å². The van der Waals surface area contributed by atoms with Gasteiger partial charge in [-0.1, -0.05) is 24.3 Å². The zero-order chi connectivity index (χ0) is 14.8. The van der Waals surface area contributed by atoms with Crippen LogP contribution in [0.25, 0.3) is 10.8 Å². The highest BCUT2D eigenvalue weighted by Crippen LogP contribution is 2.30. The van der Waals surface area contributed by atoms with Gasteiger partial charge < -0.3 is 5.32 Å². The van der Waals surface area contributed by atoms with Crippen molar-refractivity contribution in [3.63, 3.8) is 0 Å². The standard InChI is InChI=1S/C17H19N3S/c1-11(2)19-16(17-20-12(3)10-21-17)15-9-18-8-13-6-4-5-7-14(13)15/h4-11,16,19H,1-3H3. The van der Waals surface area contributed by atoms with Crippen molar-refractivity contribution < 1.29 is 0 Å². The molecule has 0 aliphatic rings. The van der Waals surface area contributed by atoms with Gasteiger partial charge in [0.2, 0.25) is 0 Å². The number of benzene rings is 1. The van der Waals surface area contributed by atoms with Crippen LogP contribution < -0.4 is 5.32 Å². The van der Waals surface area contributed by atoms with Crippen molar-refractivity contribution in [3.8, 4) is 0 Å². The van der Waals surface area contributed by atoms with Gasteiger partial charge in [0.05, 0.1) is 6.04 Å². The van der Waals surface area contributed by atoms with Crippen LogP contribution in [-0.4, -0.2) is 16.0 Å². The lowest BCUT2D eigenvalue weighted by Crippen LogP contribution is -2.29. The molecule has 0 saturated heterocycles. The number of pyridine rings is 1. The summed E-state index contributed by atoms with van der Waals surface area (Å²) in [4.78, 5) is 9.09. The third-order valence-corrected chi connectivity index (χ3v) is 4.42. The SMILES string of the molecule is Cc1csc(C(NC(C)C)c2cncc3ccccc23)n1. The summed E-state index contributed by atoms with van der Waals surface area (Å²) in [6.45, 7) is 6.35. The molecule has 0 aliphatic heterocycles. The molecule has 0 amide bonds. The Morgan fingerprint density at radius 3 is 2.67 bits per heavy atom. The number of aromatic nitrogens is 2. The van der Waals surface area contributed by atoms with Crippen LogP contribution >= 0.6 is 11.3 Å². The van der Waals surface area contributed by atoms with Crippen molar-refractivity contribution in [1.29, 1.82) is 0 Å². The normalized spacial score (nSPS) is 13.0. The topological polar surface area (TPSA) is 37.8 Å². The van der Waals surface area contributed by atoms with Crippen LogP contribution in [0.2, 0.25) is 0 Å². The molecule has 3 aromatic rings. The number of nitrogens with one attached hydrogen (secondary N) is 1. The average Bonchev–Trinajstić information content (AvgIpc) is 2.90. The molecule has 0 saturated carbocycles. The molecular formula is C17H19N3S. The number of rotatable bonds is 4. The summed E-state index contributed by atoms with van der Waals surface area (Å²) in [5, 5.41) is 9.22. The number of nitrogens with zero attached hydrogens (tertiary/aromatic N) is 2. The largest absolute Gasteiger partial charge is 0.302 e. The third-order valence-electron chi connectivity index (χ3n) is 3.39. The first kappa shape index (κ1) is 14.2. The van der Waals surface area contributed by atoms with Gasteiger partial charge in [0, 0.05) is 40.5 Å². The Hall–Kier alpha value is -1.78. The summed E-state index contributed by atoms with van der Waals surface area (Å²) in [5.41, 5.74) is 2.26. The van der Waals surface area contributed by atoms with E-state index in [9.17, 15) is 0 Å². The van der Waals surface area contributed by atoms with E-state index in [1.165, 1.54) is 16.3 Å². The number of fused-ring (bicyclic) bond motifs is 1. The fourth-order valence-electron chi connectivity index (χ4n) is 2.50. The molecule has 1 unspecified atom stereocenters. The monoisotopic (exact) mass is 297 g/mol. The molecule has 3 nitrogen and oxygen atoms in total. The second-order valence-corrected chi connectivity index (χ2v) is 6.42. The van der Waals surface area contributed by atoms with Crippen LogP contribution in [0.15, 0.2) is 42.0 Å². The number of hydrogen-bond donors (Lipinski definition) is 1. The molecular weight excluding hydrogens is 278 g/mol. The molecule has 0 radical (unpaired) electrons. The van der Waals surface area contributed by atoms with Crippen LogP contribution in [0.5, 0.6) is 0 Å². The summed E-state index contributed by atoms with van der Waals surface area (Å²) in [6.07, 6.45) is 3.87. The average molecular weight is 297 g/mol. The van der Waals surface area contributed by atoms with Crippen molar-refractivity contribution in [1.82, 2.24) is 15.3 Å². The molecule has 108 valence electrons. The van der Waals surface area contributed by atoms with Crippen LogP contribution in [0, 0.1) is 6.92 Å². The van der Waals surface area contributed by atoms with E-state index in [1.54, 1.807) is 11.3 Å². The van der Waals surface area contributed by atoms with Crippen LogP contribution in [0.1, 0.15) is 36.2 Å². The van der Waals surface area contributed by atoms with E-state index in [0.29, 0.717) is 6.04 Å². The summed E-state index contributed by atoms with van der Waals surface area (Å²) >= 11 is 1.70. The van der Waals surface area contributed by atoms with E-state index in [1.807, 2.05) is 25.4 Å². The maximum absolute atomic E-state index is 4.68. The third kappa shape index (κ3) is 2.96. The Balaban J connectivity index is 2.14. The zero-order valence-corrected chi connectivity index (χ0v) is 13.3. The lowest BCUT2D eigenvalue weighted by molar-refractivity contribution is 0.528. The van der Waals surface area contributed by atoms with E-state index < -0.39 is 0 Å². The van der Waals surface area contributed by atoms with Gasteiger partial charge in [0.25, 0.3) is 0 Å². The van der Waals surface area contributed by atoms with E-state index >= 15 is 0 Å². The number of hydrogen-bond acceptors (Lipinski definition) is 4. The van der Waals surface area contributed by atoms with Crippen LogP contribution in [0.4, 0.5) is 0 Å². The van der Waals surface area contributed by atoms with E-state index in [4.69, 9.17) is 0 Å². The van der Waals surface area contributed by atoms with E-state index in [2.05, 4.69) is 52.7 Å². The predicted molar refractivity (Wildman–Crippen MR) is 88.7 cm³/mol. The second-order valence-electron chi connectivity index (χ2n) is 5.53. The van der Waals surface area contributed by atoms with Gasteiger partial charge in [-0.05, 0) is 26.2 Å². The Labute approximate surface area is 129 Å². The van der Waals surface area contributed by atoms with Crippen molar-refractivity contribution in [3.05, 3.63) is 58.3 Å². The molecule has 2 heterocycles. The molecule has 1 N–H and O–H groups in total. The Morgan fingerprint density at radius 1 is 1.14 bits per heavy atom. The first-order chi connectivity index (χ1) is 10.1. The molecule has 3 rings (SSSR count). The van der Waals surface area contributed by atoms with Gasteiger partial charge in [0.15, 0.2) is 0 Å². The van der Waals surface area contributed by atoms with Gasteiger partial charge in [-0.2, -0.15) is 0 Å². The first-order valence-electron chi connectivity index (χ1n) is 7.16. The lowest BCUT2D eigenvalue weighted by Gasteiger charge is -2.21. The van der Waals surface area contributed by atoms with Gasteiger partial charge >= 0.3 is 0 Å². The molecule has 2 aromatic heterocycles. The van der Waals surface area contributed by atoms with Crippen molar-refractivity contribution in [2.45, 2.75) is 32.9 Å². The van der Waals surface area contributed by atoms with Gasteiger partial charge in [-0.3, -0.25) is 4.98 Å². The summed E-state index contributed by atoms with van der Waals surface area (Å²) in [6, 6.07) is 8.84. The maximum Gasteiger partial charge on any atom is 0.114 e. The summed E-state index contributed by atoms with van der Waals surface area (Å²) in [7, 11) is 0. The second kappa shape index (κ2) is 5.92. The maximum atomic E-state index is 4.68. The molecule has 21 heavy (non-hydrogen) atoms. The smallest absolute Gasteiger partial charge is 0.114 e. The fourth-order valence-corrected chi connectivity index (χ4v) is 3.37. The quantitative estimate of drug-likeness (QED) is 0.788. The Kier molecular flexibility index (Phi) is 3.99. The highest BCUT2D eigenvalue weighted by atomic mass is 32.1. The predicted octanol–water partition coefficient (Wildman–Crippen LogP) is 4.09. The minimum atomic E-state index is 0.0855. The number of thiazole rings is 1. The Bertz CT molecular complexity index is 743. The fraction of sp³-hybridized carbons (Fsp3) is 0.294. The molecule has 0 bridgehead atoms. The van der Waals surface area contributed by atoms with Crippen LogP contribution in [-0.2, 0) is 0 Å². The van der Waals surface area contributed by atoms with Crippen molar-refractivity contribution >= 4 is 22.1 Å². The van der Waals surface area contributed by atoms with Gasteiger partial charge in [-0.15, -0.1) is 11.3 Å². The summed E-state index contributed by atoms with van der Waals surface area (Å²) < 4.78 is 0. The highest BCUT2D eigenvalue weighted by Gasteiger charge is 2.20. The molecule has 0 spiro atoms. The zero-order valence-electron chi connectivity index (χ0n) is 12.5. The molecule has 4 heteroatoms. The van der Waals surface area contributed by atoms with Gasteiger partial charge in [-0.25, -0.2) is 4.98 Å². The van der Waals surface area contributed by atoms with E-state index in [-0.39, 0.29) is 6.04 Å². The minimum Gasteiger partial charge on any atom is -0.302 e. The first-order valence-corrected chi connectivity index (χ1v) is 8.04. The molecule has 0 fully saturated rings. The highest BCUT2D eigenvalue weighted by molar-refractivity contribution is 7.09. The van der Waals surface area contributed by atoms with Crippen molar-refractivity contribution in [2.75, 3.05) is 0 Å². The van der Waals surface area contributed by atoms with E-state index in [0.717, 1.165) is 10.7 Å².